The second-order valence-electron chi connectivity index (χ2n) is 5.29. The number of nitrogens with zero attached hydrogens (tertiary/aromatic N) is 1. The van der Waals surface area contributed by atoms with E-state index in [0.29, 0.717) is 11.6 Å². The quantitative estimate of drug-likeness (QED) is 0.849. The minimum atomic E-state index is -0.220. The molecule has 2 aromatic rings. The number of hydrogen-bond acceptors (Lipinski definition) is 5. The van der Waals surface area contributed by atoms with Gasteiger partial charge in [-0.1, -0.05) is 11.2 Å². The first kappa shape index (κ1) is 17.1. The fraction of sp³-hybridized carbons (Fsp3) is 0.312. The van der Waals surface area contributed by atoms with Crippen molar-refractivity contribution in [1.82, 2.24) is 5.16 Å². The average molecular weight is 333 g/mol. The summed E-state index contributed by atoms with van der Waals surface area (Å²) in [6.45, 7) is 5.70. The first-order chi connectivity index (χ1) is 10.9. The average Bonchev–Trinajstić information content (AvgIpc) is 2.82. The summed E-state index contributed by atoms with van der Waals surface area (Å²) in [5.41, 5.74) is 2.96. The Kier molecular flexibility index (Phi) is 5.81. The van der Waals surface area contributed by atoms with Crippen LogP contribution >= 0.6 is 11.8 Å². The number of amides is 2. The number of carbonyl (C=O) groups excluding carboxylic acids is 2. The smallest absolute Gasteiger partial charge is 0.235 e. The zero-order valence-electron chi connectivity index (χ0n) is 13.3. The van der Waals surface area contributed by atoms with E-state index in [9.17, 15) is 9.59 Å². The minimum Gasteiger partial charge on any atom is -0.360 e. The van der Waals surface area contributed by atoms with Crippen LogP contribution in [0.25, 0.3) is 0 Å². The lowest BCUT2D eigenvalue weighted by Crippen LogP contribution is -2.18. The second-order valence-corrected chi connectivity index (χ2v) is 6.27. The molecule has 1 aromatic heterocycles. The lowest BCUT2D eigenvalue weighted by Gasteiger charge is -2.07. The van der Waals surface area contributed by atoms with E-state index in [0.717, 1.165) is 16.8 Å². The molecule has 1 aromatic carbocycles. The SMILES string of the molecule is Cc1cc(C)cc(NC(=O)CSCC(=O)Nc2cc(C)on2)c1. The maximum atomic E-state index is 11.9. The topological polar surface area (TPSA) is 84.2 Å². The van der Waals surface area contributed by atoms with Crippen LogP contribution in [0.4, 0.5) is 11.5 Å². The molecule has 0 saturated carbocycles. The van der Waals surface area contributed by atoms with Gasteiger partial charge in [-0.3, -0.25) is 9.59 Å². The molecule has 2 rings (SSSR count). The molecular formula is C16H19N3O3S. The standard InChI is InChI=1S/C16H19N3O3S/c1-10-4-11(2)6-13(5-10)17-15(20)8-23-9-16(21)18-14-7-12(3)22-19-14/h4-7H,8-9H2,1-3H3,(H,17,20)(H,18,19,21). The van der Waals surface area contributed by atoms with Crippen LogP contribution < -0.4 is 10.6 Å². The molecule has 23 heavy (non-hydrogen) atoms. The van der Waals surface area contributed by atoms with Crippen LogP contribution in [0.15, 0.2) is 28.8 Å². The molecule has 6 nitrogen and oxygen atoms in total. The zero-order valence-corrected chi connectivity index (χ0v) is 14.1. The van der Waals surface area contributed by atoms with Crippen molar-refractivity contribution in [1.29, 1.82) is 0 Å². The Bertz CT molecular complexity index is 692. The molecule has 7 heteroatoms. The first-order valence-corrected chi connectivity index (χ1v) is 8.27. The van der Waals surface area contributed by atoms with Crippen molar-refractivity contribution in [2.24, 2.45) is 0 Å². The zero-order chi connectivity index (χ0) is 16.8. The Balaban J connectivity index is 1.73. The van der Waals surface area contributed by atoms with E-state index in [1.165, 1.54) is 11.8 Å². The number of aromatic nitrogens is 1. The third kappa shape index (κ3) is 5.78. The fourth-order valence-electron chi connectivity index (χ4n) is 2.08. The number of hydrogen-bond donors (Lipinski definition) is 2. The molecule has 0 spiro atoms. The van der Waals surface area contributed by atoms with Crippen LogP contribution in [-0.2, 0) is 9.59 Å². The molecule has 0 radical (unpaired) electrons. The summed E-state index contributed by atoms with van der Waals surface area (Å²) >= 11 is 1.24. The number of rotatable bonds is 6. The van der Waals surface area contributed by atoms with Crippen molar-refractivity contribution in [2.75, 3.05) is 22.1 Å². The molecule has 1 heterocycles. The summed E-state index contributed by atoms with van der Waals surface area (Å²) in [6.07, 6.45) is 0. The molecule has 0 saturated heterocycles. The lowest BCUT2D eigenvalue weighted by atomic mass is 10.1. The van der Waals surface area contributed by atoms with Crippen molar-refractivity contribution in [3.63, 3.8) is 0 Å². The van der Waals surface area contributed by atoms with Crippen molar-refractivity contribution < 1.29 is 14.1 Å². The van der Waals surface area contributed by atoms with Gasteiger partial charge in [0.05, 0.1) is 11.5 Å². The van der Waals surface area contributed by atoms with Crippen LogP contribution in [0.1, 0.15) is 16.9 Å². The van der Waals surface area contributed by atoms with E-state index >= 15 is 0 Å². The highest BCUT2D eigenvalue weighted by molar-refractivity contribution is 8.00. The molecule has 0 aliphatic heterocycles. The van der Waals surface area contributed by atoms with Gasteiger partial charge in [0.2, 0.25) is 11.8 Å². The summed E-state index contributed by atoms with van der Waals surface area (Å²) in [5, 5.41) is 9.11. The summed E-state index contributed by atoms with van der Waals surface area (Å²) < 4.78 is 4.86. The Hall–Kier alpha value is -2.28. The third-order valence-corrected chi connectivity index (χ3v) is 3.80. The predicted octanol–water partition coefficient (Wildman–Crippen LogP) is 2.91. The van der Waals surface area contributed by atoms with Gasteiger partial charge >= 0.3 is 0 Å². The van der Waals surface area contributed by atoms with Gasteiger partial charge in [0.25, 0.3) is 0 Å². The Labute approximate surface area is 139 Å². The molecular weight excluding hydrogens is 314 g/mol. The highest BCUT2D eigenvalue weighted by Gasteiger charge is 2.09. The van der Waals surface area contributed by atoms with E-state index in [-0.39, 0.29) is 23.3 Å². The van der Waals surface area contributed by atoms with Crippen molar-refractivity contribution in [3.8, 4) is 0 Å². The molecule has 2 amide bonds. The predicted molar refractivity (Wildman–Crippen MR) is 91.7 cm³/mol. The summed E-state index contributed by atoms with van der Waals surface area (Å²) in [5.74, 6) is 1.03. The van der Waals surface area contributed by atoms with Crippen LogP contribution in [-0.4, -0.2) is 28.5 Å². The number of nitrogens with one attached hydrogen (secondary N) is 2. The lowest BCUT2D eigenvalue weighted by molar-refractivity contribution is -0.114. The van der Waals surface area contributed by atoms with Crippen molar-refractivity contribution in [3.05, 3.63) is 41.2 Å². The van der Waals surface area contributed by atoms with Crippen LogP contribution in [0.3, 0.4) is 0 Å². The Morgan fingerprint density at radius 3 is 2.17 bits per heavy atom. The summed E-state index contributed by atoms with van der Waals surface area (Å²) in [4.78, 5) is 23.6. The first-order valence-electron chi connectivity index (χ1n) is 7.11. The highest BCUT2D eigenvalue weighted by Crippen LogP contribution is 2.14. The largest absolute Gasteiger partial charge is 0.360 e. The van der Waals surface area contributed by atoms with Crippen LogP contribution in [0.5, 0.6) is 0 Å². The van der Waals surface area contributed by atoms with Gasteiger partial charge in [-0.2, -0.15) is 0 Å². The molecule has 0 unspecified atom stereocenters. The fourth-order valence-corrected chi connectivity index (χ4v) is 2.70. The van der Waals surface area contributed by atoms with Gasteiger partial charge < -0.3 is 15.2 Å². The number of thioether (sulfide) groups is 1. The minimum absolute atomic E-state index is 0.134. The van der Waals surface area contributed by atoms with Gasteiger partial charge in [-0.25, -0.2) is 0 Å². The van der Waals surface area contributed by atoms with Crippen molar-refractivity contribution in [2.45, 2.75) is 20.8 Å². The molecule has 2 N–H and O–H groups in total. The Morgan fingerprint density at radius 2 is 1.61 bits per heavy atom. The number of anilines is 2. The second kappa shape index (κ2) is 7.82. The summed E-state index contributed by atoms with van der Waals surface area (Å²) in [7, 11) is 0. The highest BCUT2D eigenvalue weighted by atomic mass is 32.2. The molecule has 0 aliphatic carbocycles. The molecule has 0 bridgehead atoms. The number of carbonyl (C=O) groups is 2. The van der Waals surface area contributed by atoms with Gasteiger partial charge in [0.15, 0.2) is 5.82 Å². The normalized spacial score (nSPS) is 10.4. The summed E-state index contributed by atoms with van der Waals surface area (Å²) in [6, 6.07) is 7.50. The Morgan fingerprint density at radius 1 is 1.00 bits per heavy atom. The van der Waals surface area contributed by atoms with Crippen molar-refractivity contribution >= 4 is 35.1 Å². The van der Waals surface area contributed by atoms with Gasteiger partial charge in [0.1, 0.15) is 5.76 Å². The molecule has 0 aliphatic rings. The van der Waals surface area contributed by atoms with E-state index < -0.39 is 0 Å². The molecule has 122 valence electrons. The van der Waals surface area contributed by atoms with Gasteiger partial charge in [-0.05, 0) is 44.0 Å². The van der Waals surface area contributed by atoms with E-state index in [4.69, 9.17) is 4.52 Å². The van der Waals surface area contributed by atoms with E-state index in [1.807, 2.05) is 32.0 Å². The maximum Gasteiger partial charge on any atom is 0.235 e. The van der Waals surface area contributed by atoms with Crippen LogP contribution in [0, 0.1) is 20.8 Å². The van der Waals surface area contributed by atoms with E-state index in [2.05, 4.69) is 15.8 Å². The number of benzene rings is 1. The third-order valence-electron chi connectivity index (χ3n) is 2.87. The number of aryl methyl sites for hydroxylation is 3. The van der Waals surface area contributed by atoms with E-state index in [1.54, 1.807) is 13.0 Å². The van der Waals surface area contributed by atoms with Gasteiger partial charge in [0, 0.05) is 11.8 Å². The molecule has 0 fully saturated rings. The monoisotopic (exact) mass is 333 g/mol. The maximum absolute atomic E-state index is 11.9. The van der Waals surface area contributed by atoms with Gasteiger partial charge in [-0.15, -0.1) is 11.8 Å². The van der Waals surface area contributed by atoms with Crippen LogP contribution in [0.2, 0.25) is 0 Å². The molecule has 0 atom stereocenters.